The lowest BCUT2D eigenvalue weighted by Gasteiger charge is -2.03. The van der Waals surface area contributed by atoms with Crippen LogP contribution in [0.3, 0.4) is 0 Å². The fourth-order valence-electron chi connectivity index (χ4n) is 1.55. The van der Waals surface area contributed by atoms with Gasteiger partial charge in [0.2, 0.25) is 0 Å². The second-order valence-electron chi connectivity index (χ2n) is 4.14. The Balaban J connectivity index is 1.88. The van der Waals surface area contributed by atoms with Crippen LogP contribution in [0, 0.1) is 5.82 Å². The molecule has 5 nitrogen and oxygen atoms in total. The fraction of sp³-hybridized carbons (Fsp3) is 0.286. The summed E-state index contributed by atoms with van der Waals surface area (Å²) in [6.45, 7) is 0.761. The average molecular weight is 310 g/mol. The van der Waals surface area contributed by atoms with E-state index < -0.39 is 0 Å². The molecule has 21 heavy (non-hydrogen) atoms. The molecule has 2 aromatic rings. The number of benzene rings is 1. The van der Waals surface area contributed by atoms with Crippen LogP contribution in [-0.4, -0.2) is 37.8 Å². The molecule has 0 saturated heterocycles. The molecule has 0 atom stereocenters. The predicted molar refractivity (Wildman–Crippen MR) is 78.8 cm³/mol. The Morgan fingerprint density at radius 3 is 2.81 bits per heavy atom. The minimum absolute atomic E-state index is 0.0468. The molecule has 0 saturated carbocycles. The summed E-state index contributed by atoms with van der Waals surface area (Å²) < 4.78 is 22.8. The second kappa shape index (κ2) is 7.82. The van der Waals surface area contributed by atoms with Crippen molar-refractivity contribution < 1.29 is 18.7 Å². The van der Waals surface area contributed by atoms with Crippen molar-refractivity contribution in [2.45, 2.75) is 0 Å². The minimum Gasteiger partial charge on any atom is -0.382 e. The van der Waals surface area contributed by atoms with Gasteiger partial charge in [0, 0.05) is 18.1 Å². The smallest absolute Gasteiger partial charge is 0.252 e. The molecule has 0 radical (unpaired) electrons. The van der Waals surface area contributed by atoms with Crippen LogP contribution in [-0.2, 0) is 14.3 Å². The first-order valence-corrected chi connectivity index (χ1v) is 7.15. The lowest BCUT2D eigenvalue weighted by atomic mass is 10.2. The molecule has 0 aliphatic carbocycles. The van der Waals surface area contributed by atoms with Crippen LogP contribution in [0.25, 0.3) is 11.3 Å². The van der Waals surface area contributed by atoms with E-state index >= 15 is 0 Å². The number of thiazole rings is 1. The van der Waals surface area contributed by atoms with E-state index in [1.807, 2.05) is 0 Å². The third-order valence-corrected chi connectivity index (χ3v) is 3.31. The van der Waals surface area contributed by atoms with Gasteiger partial charge in [-0.1, -0.05) is 0 Å². The van der Waals surface area contributed by atoms with Crippen molar-refractivity contribution in [3.8, 4) is 11.3 Å². The number of nitrogens with zero attached hydrogens (tertiary/aromatic N) is 1. The zero-order valence-electron chi connectivity index (χ0n) is 11.5. The van der Waals surface area contributed by atoms with E-state index in [9.17, 15) is 9.18 Å². The summed E-state index contributed by atoms with van der Waals surface area (Å²) in [6, 6.07) is 6.03. The van der Waals surface area contributed by atoms with Gasteiger partial charge in [0.15, 0.2) is 5.13 Å². The number of rotatable bonds is 7. The maximum atomic E-state index is 12.9. The molecule has 7 heteroatoms. The van der Waals surface area contributed by atoms with Crippen molar-refractivity contribution in [3.63, 3.8) is 0 Å². The van der Waals surface area contributed by atoms with Crippen LogP contribution in [0.4, 0.5) is 9.52 Å². The van der Waals surface area contributed by atoms with Gasteiger partial charge >= 0.3 is 0 Å². The summed E-state index contributed by atoms with van der Waals surface area (Å²) in [5, 5.41) is 4.93. The van der Waals surface area contributed by atoms with E-state index in [1.54, 1.807) is 24.6 Å². The molecule has 0 aliphatic heterocycles. The number of hydrogen-bond donors (Lipinski definition) is 1. The van der Waals surface area contributed by atoms with Gasteiger partial charge in [-0.3, -0.25) is 10.1 Å². The van der Waals surface area contributed by atoms with Crippen molar-refractivity contribution in [3.05, 3.63) is 35.5 Å². The molecule has 2 rings (SSSR count). The number of amides is 1. The van der Waals surface area contributed by atoms with Crippen LogP contribution in [0.1, 0.15) is 0 Å². The molecular weight excluding hydrogens is 295 g/mol. The first-order valence-electron chi connectivity index (χ1n) is 6.27. The van der Waals surface area contributed by atoms with E-state index in [-0.39, 0.29) is 18.3 Å². The molecule has 0 unspecified atom stereocenters. The quantitative estimate of drug-likeness (QED) is 0.798. The van der Waals surface area contributed by atoms with Crippen LogP contribution < -0.4 is 5.32 Å². The molecule has 1 N–H and O–H groups in total. The highest BCUT2D eigenvalue weighted by Gasteiger charge is 2.08. The molecule has 0 spiro atoms. The molecule has 0 bridgehead atoms. The molecule has 1 amide bonds. The van der Waals surface area contributed by atoms with Gasteiger partial charge < -0.3 is 9.47 Å². The second-order valence-corrected chi connectivity index (χ2v) is 5.00. The van der Waals surface area contributed by atoms with Gasteiger partial charge in [-0.25, -0.2) is 9.37 Å². The average Bonchev–Trinajstić information content (AvgIpc) is 2.93. The molecule has 0 fully saturated rings. The van der Waals surface area contributed by atoms with Crippen molar-refractivity contribution in [1.82, 2.24) is 4.98 Å². The van der Waals surface area contributed by atoms with Gasteiger partial charge in [-0.2, -0.15) is 0 Å². The summed E-state index contributed by atoms with van der Waals surface area (Å²) in [5.41, 5.74) is 1.49. The Morgan fingerprint density at radius 1 is 1.33 bits per heavy atom. The number of anilines is 1. The molecule has 0 aliphatic rings. The molecule has 1 aromatic carbocycles. The minimum atomic E-state index is -0.296. The highest BCUT2D eigenvalue weighted by molar-refractivity contribution is 7.14. The summed E-state index contributed by atoms with van der Waals surface area (Å²) in [5.74, 6) is -0.568. The van der Waals surface area contributed by atoms with Gasteiger partial charge in [-0.15, -0.1) is 11.3 Å². The number of methoxy groups -OCH3 is 1. The number of hydrogen-bond acceptors (Lipinski definition) is 5. The largest absolute Gasteiger partial charge is 0.382 e. The first-order chi connectivity index (χ1) is 10.2. The third kappa shape index (κ3) is 4.89. The van der Waals surface area contributed by atoms with E-state index in [2.05, 4.69) is 10.3 Å². The van der Waals surface area contributed by atoms with E-state index in [4.69, 9.17) is 9.47 Å². The Labute approximate surface area is 125 Å². The highest BCUT2D eigenvalue weighted by Crippen LogP contribution is 2.24. The van der Waals surface area contributed by atoms with Crippen LogP contribution >= 0.6 is 11.3 Å². The standard InChI is InChI=1S/C14H15FN2O3S/c1-19-6-7-20-8-13(18)17-14-16-12(9-21-14)10-2-4-11(15)5-3-10/h2-5,9H,6-8H2,1H3,(H,16,17,18). The molecule has 1 aromatic heterocycles. The number of ether oxygens (including phenoxy) is 2. The van der Waals surface area contributed by atoms with Crippen molar-refractivity contribution in [2.24, 2.45) is 0 Å². The summed E-state index contributed by atoms with van der Waals surface area (Å²) in [7, 11) is 1.57. The van der Waals surface area contributed by atoms with E-state index in [1.165, 1.54) is 23.5 Å². The van der Waals surface area contributed by atoms with Crippen molar-refractivity contribution >= 4 is 22.4 Å². The number of carbonyl (C=O) groups excluding carboxylic acids is 1. The van der Waals surface area contributed by atoms with Crippen molar-refractivity contribution in [2.75, 3.05) is 32.2 Å². The SMILES string of the molecule is COCCOCC(=O)Nc1nc(-c2ccc(F)cc2)cs1. The topological polar surface area (TPSA) is 60.5 Å². The predicted octanol–water partition coefficient (Wildman–Crippen LogP) is 2.55. The van der Waals surface area contributed by atoms with Crippen molar-refractivity contribution in [1.29, 1.82) is 0 Å². The van der Waals surface area contributed by atoms with E-state index in [0.717, 1.165) is 5.56 Å². The lowest BCUT2D eigenvalue weighted by Crippen LogP contribution is -2.19. The van der Waals surface area contributed by atoms with Crippen LogP contribution in [0.5, 0.6) is 0 Å². The Bertz CT molecular complexity index is 586. The zero-order chi connectivity index (χ0) is 15.1. The maximum absolute atomic E-state index is 12.9. The number of halogens is 1. The van der Waals surface area contributed by atoms with Gasteiger partial charge in [-0.05, 0) is 24.3 Å². The van der Waals surface area contributed by atoms with Crippen LogP contribution in [0.2, 0.25) is 0 Å². The summed E-state index contributed by atoms with van der Waals surface area (Å²) >= 11 is 1.30. The number of aromatic nitrogens is 1. The Kier molecular flexibility index (Phi) is 5.79. The van der Waals surface area contributed by atoms with E-state index in [0.29, 0.717) is 24.0 Å². The van der Waals surface area contributed by atoms with Gasteiger partial charge in [0.25, 0.3) is 5.91 Å². The third-order valence-electron chi connectivity index (χ3n) is 2.56. The Morgan fingerprint density at radius 2 is 2.10 bits per heavy atom. The first kappa shape index (κ1) is 15.6. The Hall–Kier alpha value is -1.83. The summed E-state index contributed by atoms with van der Waals surface area (Å²) in [6.07, 6.45) is 0. The normalized spacial score (nSPS) is 10.6. The fourth-order valence-corrected chi connectivity index (χ4v) is 2.28. The number of nitrogens with one attached hydrogen (secondary N) is 1. The lowest BCUT2D eigenvalue weighted by molar-refractivity contribution is -0.121. The molecule has 112 valence electrons. The summed E-state index contributed by atoms with van der Waals surface area (Å²) in [4.78, 5) is 15.9. The monoisotopic (exact) mass is 310 g/mol. The molecule has 1 heterocycles. The highest BCUT2D eigenvalue weighted by atomic mass is 32.1. The van der Waals surface area contributed by atoms with Gasteiger partial charge in [0.1, 0.15) is 12.4 Å². The van der Waals surface area contributed by atoms with Gasteiger partial charge in [0.05, 0.1) is 18.9 Å². The maximum Gasteiger partial charge on any atom is 0.252 e. The zero-order valence-corrected chi connectivity index (χ0v) is 12.3. The molecular formula is C14H15FN2O3S. The number of carbonyl (C=O) groups is 1. The van der Waals surface area contributed by atoms with Crippen LogP contribution in [0.15, 0.2) is 29.6 Å².